The molecule has 0 spiro atoms. The maximum atomic E-state index is 12.3. The zero-order chi connectivity index (χ0) is 24.2. The predicted octanol–water partition coefficient (Wildman–Crippen LogP) is 4.95. The number of pyridine rings is 1. The molecule has 1 aromatic heterocycles. The molecular formula is C28H34N2O4. The van der Waals surface area contributed by atoms with Gasteiger partial charge in [0.15, 0.2) is 0 Å². The molecule has 0 fully saturated rings. The van der Waals surface area contributed by atoms with Gasteiger partial charge in [0.25, 0.3) is 5.82 Å². The van der Waals surface area contributed by atoms with E-state index >= 15 is 0 Å². The second-order valence-corrected chi connectivity index (χ2v) is 8.82. The van der Waals surface area contributed by atoms with Crippen molar-refractivity contribution in [1.82, 2.24) is 0 Å². The van der Waals surface area contributed by atoms with Crippen LogP contribution in [0.2, 0.25) is 0 Å². The highest BCUT2D eigenvalue weighted by Crippen LogP contribution is 2.32. The van der Waals surface area contributed by atoms with E-state index in [1.807, 2.05) is 43.3 Å². The van der Waals surface area contributed by atoms with E-state index in [1.54, 1.807) is 12.1 Å². The SMILES string of the molecule is CCOC(=O)CC(C)(Cc1ccccc1)Cc1ccc(OCCCNc2cccc[n+]2[O-])cc1. The van der Waals surface area contributed by atoms with E-state index in [1.165, 1.54) is 11.8 Å². The van der Waals surface area contributed by atoms with Gasteiger partial charge in [-0.1, -0.05) is 55.5 Å². The first-order valence-electron chi connectivity index (χ1n) is 11.8. The van der Waals surface area contributed by atoms with Gasteiger partial charge >= 0.3 is 5.97 Å². The van der Waals surface area contributed by atoms with Crippen LogP contribution in [0.5, 0.6) is 5.75 Å². The van der Waals surface area contributed by atoms with Gasteiger partial charge in [0.05, 0.1) is 32.4 Å². The number of esters is 1. The van der Waals surface area contributed by atoms with Crippen LogP contribution in [0.1, 0.15) is 37.8 Å². The minimum absolute atomic E-state index is 0.160. The first-order valence-corrected chi connectivity index (χ1v) is 11.8. The Kier molecular flexibility index (Phi) is 9.32. The largest absolute Gasteiger partial charge is 0.711 e. The Hall–Kier alpha value is -3.54. The average Bonchev–Trinajstić information content (AvgIpc) is 2.81. The number of benzene rings is 2. The number of rotatable bonds is 13. The summed E-state index contributed by atoms with van der Waals surface area (Å²) in [5.41, 5.74) is 2.11. The lowest BCUT2D eigenvalue weighted by Crippen LogP contribution is -2.30. The molecule has 3 aromatic rings. The minimum atomic E-state index is -0.252. The molecular weight excluding hydrogens is 428 g/mol. The van der Waals surface area contributed by atoms with Gasteiger partial charge in [0, 0.05) is 12.5 Å². The average molecular weight is 463 g/mol. The van der Waals surface area contributed by atoms with Gasteiger partial charge in [-0.05, 0) is 54.5 Å². The Morgan fingerprint density at radius 2 is 1.65 bits per heavy atom. The van der Waals surface area contributed by atoms with Crippen molar-refractivity contribution < 1.29 is 19.0 Å². The first kappa shape index (κ1) is 25.1. The van der Waals surface area contributed by atoms with Gasteiger partial charge in [0.1, 0.15) is 5.75 Å². The third kappa shape index (κ3) is 8.10. The molecule has 0 amide bonds. The highest BCUT2D eigenvalue weighted by atomic mass is 16.5. The smallest absolute Gasteiger partial charge is 0.306 e. The molecule has 0 saturated carbocycles. The summed E-state index contributed by atoms with van der Waals surface area (Å²) < 4.78 is 11.9. The fourth-order valence-corrected chi connectivity index (χ4v) is 4.08. The highest BCUT2D eigenvalue weighted by Gasteiger charge is 2.29. The van der Waals surface area contributed by atoms with Crippen molar-refractivity contribution in [3.63, 3.8) is 0 Å². The van der Waals surface area contributed by atoms with E-state index in [2.05, 4.69) is 36.5 Å². The summed E-state index contributed by atoms with van der Waals surface area (Å²) in [7, 11) is 0. The molecule has 0 aliphatic rings. The molecule has 34 heavy (non-hydrogen) atoms. The lowest BCUT2D eigenvalue weighted by atomic mass is 9.76. The molecule has 6 heteroatoms. The standard InChI is InChI=1S/C28H34N2O4/c1-3-33-27(31)22-28(2,20-23-10-5-4-6-11-23)21-24-13-15-25(16-14-24)34-19-9-17-29-26-12-7-8-18-30(26)32/h4-8,10-16,18,29H,3,9,17,19-22H2,1-2H3. The first-order chi connectivity index (χ1) is 16.5. The third-order valence-corrected chi connectivity index (χ3v) is 5.62. The maximum Gasteiger partial charge on any atom is 0.306 e. The molecule has 0 aliphatic heterocycles. The van der Waals surface area contributed by atoms with E-state index in [0.29, 0.717) is 32.0 Å². The zero-order valence-electron chi connectivity index (χ0n) is 20.0. The van der Waals surface area contributed by atoms with Crippen molar-refractivity contribution in [2.24, 2.45) is 5.41 Å². The Balaban J connectivity index is 1.52. The van der Waals surface area contributed by atoms with Crippen molar-refractivity contribution in [1.29, 1.82) is 0 Å². The number of ether oxygens (including phenoxy) is 2. The summed E-state index contributed by atoms with van der Waals surface area (Å²) in [5.74, 6) is 1.18. The topological polar surface area (TPSA) is 74.5 Å². The number of aromatic nitrogens is 1. The summed E-state index contributed by atoms with van der Waals surface area (Å²) in [6, 6.07) is 23.6. The van der Waals surface area contributed by atoms with Gasteiger partial charge in [-0.3, -0.25) is 10.1 Å². The molecule has 0 saturated heterocycles. The molecule has 1 atom stereocenters. The van der Waals surface area contributed by atoms with Crippen LogP contribution in [0.15, 0.2) is 79.0 Å². The quantitative estimate of drug-likeness (QED) is 0.168. The van der Waals surface area contributed by atoms with Gasteiger partial charge in [-0.2, -0.15) is 0 Å². The van der Waals surface area contributed by atoms with Crippen LogP contribution in [0, 0.1) is 10.6 Å². The minimum Gasteiger partial charge on any atom is -0.711 e. The van der Waals surface area contributed by atoms with E-state index in [9.17, 15) is 10.0 Å². The van der Waals surface area contributed by atoms with Crippen molar-refractivity contribution in [3.05, 3.63) is 95.3 Å². The zero-order valence-corrected chi connectivity index (χ0v) is 20.0. The van der Waals surface area contributed by atoms with E-state index in [-0.39, 0.29) is 11.4 Å². The van der Waals surface area contributed by atoms with Crippen molar-refractivity contribution in [3.8, 4) is 5.75 Å². The molecule has 0 bridgehead atoms. The van der Waals surface area contributed by atoms with Crippen molar-refractivity contribution in [2.45, 2.75) is 39.5 Å². The van der Waals surface area contributed by atoms with Crippen LogP contribution >= 0.6 is 0 Å². The second kappa shape index (κ2) is 12.6. The van der Waals surface area contributed by atoms with Crippen LogP contribution in [0.25, 0.3) is 0 Å². The van der Waals surface area contributed by atoms with Gasteiger partial charge in [-0.25, -0.2) is 4.73 Å². The Bertz CT molecular complexity index is 1020. The van der Waals surface area contributed by atoms with Crippen LogP contribution in [0.3, 0.4) is 0 Å². The normalized spacial score (nSPS) is 12.5. The molecule has 3 rings (SSSR count). The number of hydrogen-bond donors (Lipinski definition) is 1. The van der Waals surface area contributed by atoms with Crippen LogP contribution in [0.4, 0.5) is 5.82 Å². The monoisotopic (exact) mass is 462 g/mol. The summed E-state index contributed by atoms with van der Waals surface area (Å²) in [6.45, 7) is 5.57. The van der Waals surface area contributed by atoms with Crippen molar-refractivity contribution >= 4 is 11.8 Å². The van der Waals surface area contributed by atoms with Gasteiger partial charge in [0.2, 0.25) is 0 Å². The lowest BCUT2D eigenvalue weighted by Gasteiger charge is -2.29. The van der Waals surface area contributed by atoms with Gasteiger partial charge in [-0.15, -0.1) is 0 Å². The lowest BCUT2D eigenvalue weighted by molar-refractivity contribution is -0.590. The predicted molar refractivity (Wildman–Crippen MR) is 134 cm³/mol. The van der Waals surface area contributed by atoms with E-state index < -0.39 is 0 Å². The third-order valence-electron chi connectivity index (χ3n) is 5.62. The number of hydrogen-bond acceptors (Lipinski definition) is 5. The molecule has 1 unspecified atom stereocenters. The molecule has 0 radical (unpaired) electrons. The second-order valence-electron chi connectivity index (χ2n) is 8.82. The Labute approximate surface area is 202 Å². The number of anilines is 1. The summed E-state index contributed by atoms with van der Waals surface area (Å²) in [4.78, 5) is 12.3. The van der Waals surface area contributed by atoms with Crippen LogP contribution in [-0.4, -0.2) is 25.7 Å². The fourth-order valence-electron chi connectivity index (χ4n) is 4.08. The van der Waals surface area contributed by atoms with Crippen LogP contribution < -0.4 is 14.8 Å². The van der Waals surface area contributed by atoms with Gasteiger partial charge < -0.3 is 14.7 Å². The molecule has 2 aromatic carbocycles. The maximum absolute atomic E-state index is 12.3. The van der Waals surface area contributed by atoms with Crippen molar-refractivity contribution in [2.75, 3.05) is 25.1 Å². The molecule has 6 nitrogen and oxygen atoms in total. The number of carbonyl (C=O) groups is 1. The number of carbonyl (C=O) groups excluding carboxylic acids is 1. The number of nitrogens with zero attached hydrogens (tertiary/aromatic N) is 1. The summed E-state index contributed by atoms with van der Waals surface area (Å²) in [6.07, 6.45) is 4.16. The summed E-state index contributed by atoms with van der Waals surface area (Å²) >= 11 is 0. The Morgan fingerprint density at radius 1 is 0.971 bits per heavy atom. The highest BCUT2D eigenvalue weighted by molar-refractivity contribution is 5.70. The molecule has 1 heterocycles. The van der Waals surface area contributed by atoms with E-state index in [4.69, 9.17) is 9.47 Å². The number of nitrogens with one attached hydrogen (secondary N) is 1. The van der Waals surface area contributed by atoms with Crippen LogP contribution in [-0.2, 0) is 22.4 Å². The molecule has 180 valence electrons. The fraction of sp³-hybridized carbons (Fsp3) is 0.357. The Morgan fingerprint density at radius 3 is 2.32 bits per heavy atom. The summed E-state index contributed by atoms with van der Waals surface area (Å²) in [5, 5.41) is 14.7. The molecule has 1 N–H and O–H groups in total. The molecule has 0 aliphatic carbocycles. The van der Waals surface area contributed by atoms with E-state index in [0.717, 1.165) is 35.3 Å².